The molecule has 0 radical (unpaired) electrons. The minimum Gasteiger partial charge on any atom is -0.396 e. The molecule has 0 unspecified atom stereocenters. The van der Waals surface area contributed by atoms with Crippen LogP contribution in [0.3, 0.4) is 0 Å². The summed E-state index contributed by atoms with van der Waals surface area (Å²) in [5.74, 6) is 0. The van der Waals surface area contributed by atoms with E-state index in [1.807, 2.05) is 12.1 Å². The molecule has 1 aromatic carbocycles. The van der Waals surface area contributed by atoms with Crippen LogP contribution in [0, 0.1) is 3.57 Å². The van der Waals surface area contributed by atoms with Gasteiger partial charge >= 0.3 is 0 Å². The third-order valence-corrected chi connectivity index (χ3v) is 4.62. The Morgan fingerprint density at radius 1 is 1.30 bits per heavy atom. The molecule has 0 aliphatic heterocycles. The van der Waals surface area contributed by atoms with E-state index in [9.17, 15) is 8.42 Å². The summed E-state index contributed by atoms with van der Waals surface area (Å²) in [5.41, 5.74) is 0.508. The summed E-state index contributed by atoms with van der Waals surface area (Å²) in [5, 5.41) is 12.7. The monoisotopic (exact) mass is 407 g/mol. The standard InChI is InChI=1S/C12H14IN3O3S/c13-10-2-4-11(5-3-10)15-20(18,19)12-8-14-16(9-12)6-1-7-17/h2-5,8-9,15,17H,1,6-7H2. The SMILES string of the molecule is O=S(=O)(Nc1ccc(I)cc1)c1cnn(CCCO)c1. The number of rotatable bonds is 6. The van der Waals surface area contributed by atoms with Gasteiger partial charge in [0.15, 0.2) is 0 Å². The topological polar surface area (TPSA) is 84.2 Å². The second-order valence-corrected chi connectivity index (χ2v) is 7.06. The molecule has 0 fully saturated rings. The Labute approximate surface area is 131 Å². The Morgan fingerprint density at radius 2 is 2.00 bits per heavy atom. The molecule has 0 atom stereocenters. The fourth-order valence-corrected chi connectivity index (χ4v) is 2.94. The van der Waals surface area contributed by atoms with Gasteiger partial charge in [0.1, 0.15) is 4.90 Å². The van der Waals surface area contributed by atoms with Crippen molar-refractivity contribution in [2.45, 2.75) is 17.9 Å². The van der Waals surface area contributed by atoms with E-state index in [1.54, 1.807) is 12.1 Å². The summed E-state index contributed by atoms with van der Waals surface area (Å²) in [7, 11) is -3.63. The van der Waals surface area contributed by atoms with Gasteiger partial charge in [0.2, 0.25) is 0 Å². The quantitative estimate of drug-likeness (QED) is 0.714. The lowest BCUT2D eigenvalue weighted by Crippen LogP contribution is -2.12. The summed E-state index contributed by atoms with van der Waals surface area (Å²) in [6, 6.07) is 7.05. The number of hydrogen-bond acceptors (Lipinski definition) is 4. The van der Waals surface area contributed by atoms with Crippen LogP contribution in [0.5, 0.6) is 0 Å². The smallest absolute Gasteiger partial charge is 0.265 e. The van der Waals surface area contributed by atoms with E-state index >= 15 is 0 Å². The normalized spacial score (nSPS) is 11.5. The first-order valence-electron chi connectivity index (χ1n) is 5.93. The zero-order chi connectivity index (χ0) is 14.6. The van der Waals surface area contributed by atoms with Crippen LogP contribution in [0.4, 0.5) is 5.69 Å². The maximum atomic E-state index is 12.2. The largest absolute Gasteiger partial charge is 0.396 e. The van der Waals surface area contributed by atoms with Crippen molar-refractivity contribution in [2.24, 2.45) is 0 Å². The van der Waals surface area contributed by atoms with E-state index in [1.165, 1.54) is 17.1 Å². The molecular formula is C12H14IN3O3S. The molecule has 2 rings (SSSR count). The highest BCUT2D eigenvalue weighted by Crippen LogP contribution is 2.16. The Balaban J connectivity index is 2.13. The molecular weight excluding hydrogens is 393 g/mol. The second-order valence-electron chi connectivity index (χ2n) is 4.13. The highest BCUT2D eigenvalue weighted by atomic mass is 127. The van der Waals surface area contributed by atoms with E-state index in [0.29, 0.717) is 18.7 Å². The molecule has 0 saturated heterocycles. The molecule has 0 spiro atoms. The average molecular weight is 407 g/mol. The number of aliphatic hydroxyl groups excluding tert-OH is 1. The number of nitrogens with zero attached hydrogens (tertiary/aromatic N) is 2. The number of halogens is 1. The van der Waals surface area contributed by atoms with E-state index in [2.05, 4.69) is 32.4 Å². The molecule has 2 aromatic rings. The number of benzene rings is 1. The van der Waals surface area contributed by atoms with Crippen molar-refractivity contribution in [3.8, 4) is 0 Å². The number of aromatic nitrogens is 2. The molecule has 6 nitrogen and oxygen atoms in total. The third kappa shape index (κ3) is 3.93. The van der Waals surface area contributed by atoms with Crippen molar-refractivity contribution in [1.29, 1.82) is 0 Å². The molecule has 1 heterocycles. The lowest BCUT2D eigenvalue weighted by atomic mass is 10.3. The number of hydrogen-bond donors (Lipinski definition) is 2. The third-order valence-electron chi connectivity index (χ3n) is 2.56. The van der Waals surface area contributed by atoms with Crippen molar-refractivity contribution in [2.75, 3.05) is 11.3 Å². The number of sulfonamides is 1. The Kier molecular flexibility index (Phi) is 5.00. The molecule has 0 saturated carbocycles. The van der Waals surface area contributed by atoms with Crippen LogP contribution in [-0.4, -0.2) is 29.9 Å². The Morgan fingerprint density at radius 3 is 2.65 bits per heavy atom. The zero-order valence-corrected chi connectivity index (χ0v) is 13.5. The van der Waals surface area contributed by atoms with Crippen LogP contribution in [0.15, 0.2) is 41.6 Å². The van der Waals surface area contributed by atoms with Crippen LogP contribution >= 0.6 is 22.6 Å². The fraction of sp³-hybridized carbons (Fsp3) is 0.250. The minimum absolute atomic E-state index is 0.0445. The van der Waals surface area contributed by atoms with Crippen molar-refractivity contribution < 1.29 is 13.5 Å². The summed E-state index contributed by atoms with van der Waals surface area (Å²) in [4.78, 5) is 0.106. The molecule has 2 N–H and O–H groups in total. The predicted molar refractivity (Wildman–Crippen MR) is 83.9 cm³/mol. The Hall–Kier alpha value is -1.13. The first-order valence-corrected chi connectivity index (χ1v) is 8.49. The highest BCUT2D eigenvalue weighted by Gasteiger charge is 2.16. The van der Waals surface area contributed by atoms with Crippen molar-refractivity contribution >= 4 is 38.3 Å². The average Bonchev–Trinajstić information content (AvgIpc) is 2.88. The van der Waals surface area contributed by atoms with Crippen LogP contribution in [0.25, 0.3) is 0 Å². The van der Waals surface area contributed by atoms with Gasteiger partial charge in [-0.05, 0) is 53.3 Å². The lowest BCUT2D eigenvalue weighted by molar-refractivity contribution is 0.277. The highest BCUT2D eigenvalue weighted by molar-refractivity contribution is 14.1. The molecule has 1 aromatic heterocycles. The lowest BCUT2D eigenvalue weighted by Gasteiger charge is -2.05. The van der Waals surface area contributed by atoms with Gasteiger partial charge in [0.25, 0.3) is 10.0 Å². The van der Waals surface area contributed by atoms with E-state index in [0.717, 1.165) is 3.57 Å². The maximum Gasteiger partial charge on any atom is 0.265 e. The molecule has 0 bridgehead atoms. The van der Waals surface area contributed by atoms with Crippen molar-refractivity contribution in [3.63, 3.8) is 0 Å². The first-order chi connectivity index (χ1) is 9.51. The predicted octanol–water partition coefficient (Wildman–Crippen LogP) is 1.67. The van der Waals surface area contributed by atoms with Gasteiger partial charge in [0.05, 0.1) is 6.20 Å². The van der Waals surface area contributed by atoms with Gasteiger partial charge in [-0.25, -0.2) is 8.42 Å². The van der Waals surface area contributed by atoms with Gasteiger partial charge < -0.3 is 5.11 Å². The van der Waals surface area contributed by atoms with E-state index < -0.39 is 10.0 Å². The van der Waals surface area contributed by atoms with Gasteiger partial charge in [-0.3, -0.25) is 9.40 Å². The zero-order valence-electron chi connectivity index (χ0n) is 10.5. The first kappa shape index (κ1) is 15.3. The van der Waals surface area contributed by atoms with Gasteiger partial charge in [-0.1, -0.05) is 0 Å². The number of nitrogens with one attached hydrogen (secondary N) is 1. The van der Waals surface area contributed by atoms with E-state index in [-0.39, 0.29) is 11.5 Å². The summed E-state index contributed by atoms with van der Waals surface area (Å²) in [6.45, 7) is 0.526. The van der Waals surface area contributed by atoms with Crippen LogP contribution in [-0.2, 0) is 16.6 Å². The molecule has 20 heavy (non-hydrogen) atoms. The molecule has 108 valence electrons. The summed E-state index contributed by atoms with van der Waals surface area (Å²) < 4.78 is 29.3. The minimum atomic E-state index is -3.63. The fourth-order valence-electron chi connectivity index (χ4n) is 1.57. The van der Waals surface area contributed by atoms with Crippen LogP contribution in [0.1, 0.15) is 6.42 Å². The molecule has 8 heteroatoms. The summed E-state index contributed by atoms with van der Waals surface area (Å²) >= 11 is 2.15. The second kappa shape index (κ2) is 6.55. The van der Waals surface area contributed by atoms with Gasteiger partial charge in [-0.2, -0.15) is 5.10 Å². The van der Waals surface area contributed by atoms with E-state index in [4.69, 9.17) is 5.11 Å². The maximum absolute atomic E-state index is 12.2. The number of aliphatic hydroxyl groups is 1. The van der Waals surface area contributed by atoms with Crippen LogP contribution in [0.2, 0.25) is 0 Å². The van der Waals surface area contributed by atoms with Gasteiger partial charge in [0, 0.05) is 28.6 Å². The van der Waals surface area contributed by atoms with Crippen molar-refractivity contribution in [3.05, 3.63) is 40.2 Å². The van der Waals surface area contributed by atoms with Crippen LogP contribution < -0.4 is 4.72 Å². The van der Waals surface area contributed by atoms with Gasteiger partial charge in [-0.15, -0.1) is 0 Å². The molecule has 0 amide bonds. The number of aryl methyl sites for hydroxylation is 1. The molecule has 0 aliphatic carbocycles. The number of anilines is 1. The van der Waals surface area contributed by atoms with Crippen molar-refractivity contribution in [1.82, 2.24) is 9.78 Å². The summed E-state index contributed by atoms with van der Waals surface area (Å²) in [6.07, 6.45) is 3.28. The molecule has 0 aliphatic rings. The Bertz CT molecular complexity index is 668.